The molecule has 28 heavy (non-hydrogen) atoms. The average Bonchev–Trinajstić information content (AvgIpc) is 3.13. The third-order valence-corrected chi connectivity index (χ3v) is 4.45. The molecule has 2 aromatic heterocycles. The highest BCUT2D eigenvalue weighted by molar-refractivity contribution is 6.28. The van der Waals surface area contributed by atoms with Crippen LogP contribution < -0.4 is 0 Å². The van der Waals surface area contributed by atoms with Gasteiger partial charge >= 0.3 is 0 Å². The van der Waals surface area contributed by atoms with Crippen LogP contribution >= 0.6 is 11.6 Å². The molecule has 0 N–H and O–H groups in total. The predicted octanol–water partition coefficient (Wildman–Crippen LogP) is 6.78. The van der Waals surface area contributed by atoms with Crippen molar-refractivity contribution in [3.05, 3.63) is 78.1 Å². The molecular formula is C23H18ClN3O. The Morgan fingerprint density at radius 3 is 2.07 bits per heavy atom. The molecule has 5 heteroatoms. The van der Waals surface area contributed by atoms with Crippen molar-refractivity contribution in [1.29, 1.82) is 0 Å². The molecule has 138 valence electrons. The zero-order valence-electron chi connectivity index (χ0n) is 15.6. The molecule has 3 aromatic carbocycles. The maximum absolute atomic E-state index is 6.15. The monoisotopic (exact) mass is 387 g/mol. The fourth-order valence-corrected chi connectivity index (χ4v) is 3.22. The number of aromatic nitrogens is 3. The van der Waals surface area contributed by atoms with E-state index < -0.39 is 0 Å². The summed E-state index contributed by atoms with van der Waals surface area (Å²) < 4.78 is 5.96. The second-order valence-electron chi connectivity index (χ2n) is 5.93. The lowest BCUT2D eigenvalue weighted by atomic mass is 10.1. The van der Waals surface area contributed by atoms with Crippen LogP contribution in [-0.4, -0.2) is 15.0 Å². The van der Waals surface area contributed by atoms with Gasteiger partial charge < -0.3 is 4.42 Å². The summed E-state index contributed by atoms with van der Waals surface area (Å²) in [5, 5.41) is 2.32. The van der Waals surface area contributed by atoms with Gasteiger partial charge in [-0.1, -0.05) is 68.4 Å². The lowest BCUT2D eigenvalue weighted by molar-refractivity contribution is 0.669. The van der Waals surface area contributed by atoms with Crippen molar-refractivity contribution in [2.75, 3.05) is 0 Å². The first-order chi connectivity index (χ1) is 13.8. The van der Waals surface area contributed by atoms with Gasteiger partial charge in [0.05, 0.1) is 0 Å². The lowest BCUT2D eigenvalue weighted by Crippen LogP contribution is -1.97. The Labute approximate surface area is 167 Å². The van der Waals surface area contributed by atoms with E-state index >= 15 is 0 Å². The normalized spacial score (nSPS) is 10.7. The molecule has 5 rings (SSSR count). The van der Waals surface area contributed by atoms with Gasteiger partial charge in [0.1, 0.15) is 11.2 Å². The first kappa shape index (κ1) is 18.1. The number of furan rings is 1. The van der Waals surface area contributed by atoms with Crippen LogP contribution in [0.4, 0.5) is 0 Å². The second kappa shape index (κ2) is 7.79. The summed E-state index contributed by atoms with van der Waals surface area (Å²) in [6.45, 7) is 4.00. The number of hydrogen-bond donors (Lipinski definition) is 0. The summed E-state index contributed by atoms with van der Waals surface area (Å²) >= 11 is 6.15. The smallest absolute Gasteiger partial charge is 0.226 e. The number of fused-ring (bicyclic) bond motifs is 3. The number of benzene rings is 3. The van der Waals surface area contributed by atoms with Gasteiger partial charge in [-0.25, -0.2) is 4.98 Å². The van der Waals surface area contributed by atoms with E-state index in [0.29, 0.717) is 11.6 Å². The molecule has 0 aliphatic carbocycles. The summed E-state index contributed by atoms with van der Waals surface area (Å²) in [6, 6.07) is 23.6. The molecule has 2 heterocycles. The zero-order chi connectivity index (χ0) is 19.5. The fourth-order valence-electron chi connectivity index (χ4n) is 3.06. The topological polar surface area (TPSA) is 51.8 Å². The average molecular weight is 388 g/mol. The summed E-state index contributed by atoms with van der Waals surface area (Å²) in [6.07, 6.45) is 0. The minimum Gasteiger partial charge on any atom is -0.456 e. The highest BCUT2D eigenvalue weighted by Crippen LogP contribution is 2.31. The second-order valence-corrected chi connectivity index (χ2v) is 6.26. The Morgan fingerprint density at radius 2 is 1.29 bits per heavy atom. The van der Waals surface area contributed by atoms with Crippen molar-refractivity contribution >= 4 is 33.5 Å². The van der Waals surface area contributed by atoms with Gasteiger partial charge in [-0.15, -0.1) is 0 Å². The van der Waals surface area contributed by atoms with Crippen LogP contribution in [0.15, 0.2) is 77.2 Å². The molecule has 0 bridgehead atoms. The zero-order valence-corrected chi connectivity index (χ0v) is 16.3. The van der Waals surface area contributed by atoms with Gasteiger partial charge in [0, 0.05) is 21.9 Å². The summed E-state index contributed by atoms with van der Waals surface area (Å²) in [7, 11) is 0. The Balaban J connectivity index is 0.000000932. The van der Waals surface area contributed by atoms with E-state index in [1.807, 2.05) is 86.6 Å². The van der Waals surface area contributed by atoms with Crippen LogP contribution in [0.25, 0.3) is 44.7 Å². The molecule has 0 fully saturated rings. The highest BCUT2D eigenvalue weighted by Gasteiger charge is 2.12. The third kappa shape index (κ3) is 3.35. The van der Waals surface area contributed by atoms with E-state index in [1.54, 1.807) is 0 Å². The van der Waals surface area contributed by atoms with Gasteiger partial charge in [0.2, 0.25) is 5.28 Å². The van der Waals surface area contributed by atoms with Crippen molar-refractivity contribution in [3.8, 4) is 22.8 Å². The number of nitrogens with zero attached hydrogens (tertiary/aromatic N) is 3. The van der Waals surface area contributed by atoms with Crippen molar-refractivity contribution in [3.63, 3.8) is 0 Å². The van der Waals surface area contributed by atoms with E-state index in [-0.39, 0.29) is 5.28 Å². The largest absolute Gasteiger partial charge is 0.456 e. The number of para-hydroxylation sites is 1. The van der Waals surface area contributed by atoms with E-state index in [0.717, 1.165) is 33.1 Å². The quantitative estimate of drug-likeness (QED) is 0.335. The molecule has 0 amide bonds. The van der Waals surface area contributed by atoms with E-state index in [2.05, 4.69) is 15.0 Å². The molecular weight excluding hydrogens is 370 g/mol. The predicted molar refractivity (Wildman–Crippen MR) is 114 cm³/mol. The summed E-state index contributed by atoms with van der Waals surface area (Å²) in [5.41, 5.74) is 3.38. The number of hydrogen-bond acceptors (Lipinski definition) is 4. The molecule has 0 radical (unpaired) electrons. The molecule has 0 unspecified atom stereocenters. The van der Waals surface area contributed by atoms with Crippen molar-refractivity contribution in [2.45, 2.75) is 13.8 Å². The summed E-state index contributed by atoms with van der Waals surface area (Å²) in [5.74, 6) is 1.07. The van der Waals surface area contributed by atoms with Gasteiger partial charge in [0.25, 0.3) is 0 Å². The maximum Gasteiger partial charge on any atom is 0.226 e. The van der Waals surface area contributed by atoms with Gasteiger partial charge in [-0.2, -0.15) is 9.97 Å². The molecule has 0 aliphatic rings. The molecule has 0 aliphatic heterocycles. The molecule has 5 aromatic rings. The molecule has 0 spiro atoms. The molecule has 0 saturated heterocycles. The van der Waals surface area contributed by atoms with Gasteiger partial charge in [0.15, 0.2) is 11.6 Å². The van der Waals surface area contributed by atoms with Crippen LogP contribution in [0.5, 0.6) is 0 Å². The van der Waals surface area contributed by atoms with Crippen LogP contribution in [-0.2, 0) is 0 Å². The highest BCUT2D eigenvalue weighted by atomic mass is 35.5. The fraction of sp³-hybridized carbons (Fsp3) is 0.0870. The molecule has 0 atom stereocenters. The Bertz CT molecular complexity index is 1250. The Kier molecular flexibility index (Phi) is 5.04. The minimum absolute atomic E-state index is 0.165. The Hall–Kier alpha value is -3.24. The minimum atomic E-state index is 0.165. The third-order valence-electron chi connectivity index (χ3n) is 4.28. The first-order valence-electron chi connectivity index (χ1n) is 9.16. The number of halogens is 1. The number of rotatable bonds is 2. The van der Waals surface area contributed by atoms with Crippen LogP contribution in [0.3, 0.4) is 0 Å². The maximum atomic E-state index is 6.15. The van der Waals surface area contributed by atoms with Crippen LogP contribution in [0.1, 0.15) is 13.8 Å². The van der Waals surface area contributed by atoms with E-state index in [4.69, 9.17) is 16.0 Å². The van der Waals surface area contributed by atoms with Crippen molar-refractivity contribution in [2.24, 2.45) is 0 Å². The van der Waals surface area contributed by atoms with Crippen molar-refractivity contribution in [1.82, 2.24) is 15.0 Å². The van der Waals surface area contributed by atoms with Crippen molar-refractivity contribution < 1.29 is 4.42 Å². The standard InChI is InChI=1S/C21H12ClN3O.C2H6/c22-21-24-19(13-6-2-1-3-7-13)23-20(25-21)14-10-11-16-15-8-4-5-9-17(15)26-18(16)12-14;1-2/h1-12H;1-2H3. The summed E-state index contributed by atoms with van der Waals surface area (Å²) in [4.78, 5) is 13.1. The lowest BCUT2D eigenvalue weighted by Gasteiger charge is -2.04. The van der Waals surface area contributed by atoms with Gasteiger partial charge in [-0.3, -0.25) is 0 Å². The van der Waals surface area contributed by atoms with E-state index in [1.165, 1.54) is 0 Å². The molecule has 0 saturated carbocycles. The van der Waals surface area contributed by atoms with E-state index in [9.17, 15) is 0 Å². The SMILES string of the molecule is CC.Clc1nc(-c2ccccc2)nc(-c2ccc3c(c2)oc2ccccc23)n1. The van der Waals surface area contributed by atoms with Crippen LogP contribution in [0.2, 0.25) is 5.28 Å². The molecule has 4 nitrogen and oxygen atoms in total. The van der Waals surface area contributed by atoms with Crippen LogP contribution in [0, 0.1) is 0 Å². The Morgan fingerprint density at radius 1 is 0.643 bits per heavy atom. The van der Waals surface area contributed by atoms with Gasteiger partial charge in [-0.05, 0) is 29.8 Å². The first-order valence-corrected chi connectivity index (χ1v) is 9.54.